The Morgan fingerprint density at radius 2 is 1.92 bits per heavy atom. The second kappa shape index (κ2) is 11.8. The summed E-state index contributed by atoms with van der Waals surface area (Å²) in [6, 6.07) is 11.6. The maximum absolute atomic E-state index is 15.5. The molecule has 4 rings (SSSR count). The zero-order valence-electron chi connectivity index (χ0n) is 22.2. The summed E-state index contributed by atoms with van der Waals surface area (Å²) in [6.07, 6.45) is 1.36. The third-order valence-electron chi connectivity index (χ3n) is 7.87. The molecule has 0 bridgehead atoms. The Morgan fingerprint density at radius 3 is 2.61 bits per heavy atom. The molecule has 4 atom stereocenters. The van der Waals surface area contributed by atoms with Crippen LogP contribution in [0.1, 0.15) is 43.7 Å². The van der Waals surface area contributed by atoms with E-state index >= 15 is 4.39 Å². The van der Waals surface area contributed by atoms with E-state index in [1.165, 1.54) is 13.0 Å². The van der Waals surface area contributed by atoms with E-state index in [0.717, 1.165) is 5.56 Å². The van der Waals surface area contributed by atoms with Crippen LogP contribution in [0, 0.1) is 18.7 Å². The van der Waals surface area contributed by atoms with Gasteiger partial charge < -0.3 is 31.1 Å². The van der Waals surface area contributed by atoms with E-state index in [1.807, 2.05) is 31.2 Å². The number of amides is 3. The van der Waals surface area contributed by atoms with E-state index in [1.54, 1.807) is 21.9 Å². The minimum atomic E-state index is -1.44. The van der Waals surface area contributed by atoms with Crippen LogP contribution in [0.5, 0.6) is 0 Å². The summed E-state index contributed by atoms with van der Waals surface area (Å²) in [4.78, 5) is 28.0. The molecule has 9 heteroatoms. The average Bonchev–Trinajstić information content (AvgIpc) is 3.23. The molecule has 2 saturated heterocycles. The van der Waals surface area contributed by atoms with Crippen LogP contribution in [0.4, 0.5) is 9.18 Å². The Morgan fingerprint density at radius 1 is 1.16 bits per heavy atom. The number of likely N-dealkylation sites (tertiary alicyclic amines) is 2. The predicted octanol–water partition coefficient (Wildman–Crippen LogP) is 2.74. The van der Waals surface area contributed by atoms with Crippen LogP contribution in [0.3, 0.4) is 0 Å². The fourth-order valence-electron chi connectivity index (χ4n) is 5.87. The quantitative estimate of drug-likeness (QED) is 0.414. The van der Waals surface area contributed by atoms with Gasteiger partial charge in [0.25, 0.3) is 0 Å². The van der Waals surface area contributed by atoms with Crippen molar-refractivity contribution in [1.82, 2.24) is 15.1 Å². The summed E-state index contributed by atoms with van der Waals surface area (Å²) in [5, 5.41) is 25.3. The van der Waals surface area contributed by atoms with Gasteiger partial charge in [0.2, 0.25) is 5.91 Å². The third kappa shape index (κ3) is 6.00. The first-order valence-electron chi connectivity index (χ1n) is 13.4. The molecule has 38 heavy (non-hydrogen) atoms. The van der Waals surface area contributed by atoms with Gasteiger partial charge in [0.15, 0.2) is 0 Å². The van der Waals surface area contributed by atoms with Gasteiger partial charge in [-0.3, -0.25) is 4.79 Å². The van der Waals surface area contributed by atoms with E-state index in [9.17, 15) is 19.8 Å². The van der Waals surface area contributed by atoms with Crippen LogP contribution < -0.4 is 11.1 Å². The number of aliphatic hydroxyl groups excluding tert-OH is 1. The maximum atomic E-state index is 15.5. The van der Waals surface area contributed by atoms with Gasteiger partial charge in [-0.25, -0.2) is 9.18 Å². The van der Waals surface area contributed by atoms with Gasteiger partial charge in [-0.05, 0) is 49.8 Å². The summed E-state index contributed by atoms with van der Waals surface area (Å²) in [5.74, 6) is -0.929. The molecule has 0 saturated carbocycles. The van der Waals surface area contributed by atoms with Crippen LogP contribution in [0.15, 0.2) is 42.5 Å². The van der Waals surface area contributed by atoms with Gasteiger partial charge in [-0.15, -0.1) is 0 Å². The largest absolute Gasteiger partial charge is 0.390 e. The second-order valence-electron chi connectivity index (χ2n) is 10.7. The highest BCUT2D eigenvalue weighted by atomic mass is 19.1. The fraction of sp³-hybridized carbons (Fsp3) is 0.517. The van der Waals surface area contributed by atoms with Crippen molar-refractivity contribution in [3.05, 3.63) is 59.4 Å². The number of aliphatic hydroxyl groups is 2. The number of nitrogens with zero attached hydrogens (tertiary/aromatic N) is 2. The van der Waals surface area contributed by atoms with Crippen molar-refractivity contribution >= 4 is 11.9 Å². The number of β-amino-alcohol motifs (C(OH)–C–C–N with tert-alkyl or cyclic N) is 1. The third-order valence-corrected chi connectivity index (χ3v) is 7.87. The molecule has 5 N–H and O–H groups in total. The zero-order chi connectivity index (χ0) is 27.4. The summed E-state index contributed by atoms with van der Waals surface area (Å²) in [7, 11) is 0. The number of piperidine rings is 1. The topological polar surface area (TPSA) is 119 Å². The Bertz CT molecular complexity index is 1150. The Labute approximate surface area is 223 Å². The SMILES string of the molecule is CC(=O)NCCCC(O)(c1cccc(F)c1-c1cccc(C)c1)C1CCCN(C(=O)N2CC(N)C(O)C2)C1. The van der Waals surface area contributed by atoms with E-state index in [0.29, 0.717) is 55.6 Å². The molecule has 0 radical (unpaired) electrons. The molecule has 0 aliphatic carbocycles. The number of rotatable bonds is 7. The molecule has 206 valence electrons. The first kappa shape index (κ1) is 28.0. The molecule has 2 heterocycles. The molecular formula is C29H39FN4O4. The second-order valence-corrected chi connectivity index (χ2v) is 10.7. The van der Waals surface area contributed by atoms with Crippen LogP contribution in [0.2, 0.25) is 0 Å². The lowest BCUT2D eigenvalue weighted by Gasteiger charge is -2.44. The minimum absolute atomic E-state index is 0.153. The van der Waals surface area contributed by atoms with Crippen molar-refractivity contribution in [3.63, 3.8) is 0 Å². The first-order valence-corrected chi connectivity index (χ1v) is 13.4. The molecule has 3 amide bonds. The van der Waals surface area contributed by atoms with Crippen LogP contribution in [-0.2, 0) is 10.4 Å². The van der Waals surface area contributed by atoms with Crippen molar-refractivity contribution in [2.75, 3.05) is 32.7 Å². The van der Waals surface area contributed by atoms with Gasteiger partial charge in [0.1, 0.15) is 5.82 Å². The normalized spacial score (nSPS) is 23.3. The Hall–Kier alpha value is -3.01. The van der Waals surface area contributed by atoms with E-state index in [4.69, 9.17) is 5.73 Å². The number of aryl methyl sites for hydroxylation is 1. The summed E-state index contributed by atoms with van der Waals surface area (Å²) in [5.41, 5.74) is 6.99. The van der Waals surface area contributed by atoms with Crippen molar-refractivity contribution in [1.29, 1.82) is 0 Å². The summed E-state index contributed by atoms with van der Waals surface area (Å²) < 4.78 is 15.5. The minimum Gasteiger partial charge on any atom is -0.390 e. The number of nitrogens with two attached hydrogens (primary N) is 1. The number of hydrogen-bond acceptors (Lipinski definition) is 5. The van der Waals surface area contributed by atoms with Crippen molar-refractivity contribution in [2.24, 2.45) is 11.7 Å². The van der Waals surface area contributed by atoms with E-state index < -0.39 is 23.6 Å². The lowest BCUT2D eigenvalue weighted by Crippen LogP contribution is -2.52. The number of urea groups is 1. The van der Waals surface area contributed by atoms with E-state index in [-0.39, 0.29) is 37.4 Å². The zero-order valence-corrected chi connectivity index (χ0v) is 22.2. The van der Waals surface area contributed by atoms with Gasteiger partial charge in [0.05, 0.1) is 11.7 Å². The lowest BCUT2D eigenvalue weighted by molar-refractivity contribution is -0.119. The standard InChI is InChI=1S/C29H39FN4O4/c1-19-7-3-8-21(15-19)27-23(10-4-11-24(27)30)29(38,12-6-13-32-20(2)35)22-9-5-14-33(16-22)28(37)34-17-25(31)26(36)18-34/h3-4,7-8,10-11,15,22,25-26,36,38H,5-6,9,12-14,16-18,31H2,1-2H3,(H,32,35). The smallest absolute Gasteiger partial charge is 0.320 e. The molecule has 2 aromatic rings. The van der Waals surface area contributed by atoms with Gasteiger partial charge >= 0.3 is 6.03 Å². The number of carbonyl (C=O) groups excluding carboxylic acids is 2. The molecule has 8 nitrogen and oxygen atoms in total. The first-order chi connectivity index (χ1) is 18.1. The highest BCUT2D eigenvalue weighted by Gasteiger charge is 2.44. The van der Waals surface area contributed by atoms with Crippen molar-refractivity contribution < 1.29 is 24.2 Å². The number of hydrogen-bond donors (Lipinski definition) is 4. The van der Waals surface area contributed by atoms with Crippen LogP contribution in [0.25, 0.3) is 11.1 Å². The number of halogens is 1. The monoisotopic (exact) mass is 526 g/mol. The van der Waals surface area contributed by atoms with Crippen LogP contribution in [-0.4, -0.2) is 76.8 Å². The van der Waals surface area contributed by atoms with E-state index in [2.05, 4.69) is 5.32 Å². The highest BCUT2D eigenvalue weighted by Crippen LogP contribution is 2.44. The predicted molar refractivity (Wildman–Crippen MR) is 144 cm³/mol. The Kier molecular flexibility index (Phi) is 8.70. The maximum Gasteiger partial charge on any atom is 0.320 e. The van der Waals surface area contributed by atoms with Crippen molar-refractivity contribution in [3.8, 4) is 11.1 Å². The fourth-order valence-corrected chi connectivity index (χ4v) is 5.87. The molecule has 0 spiro atoms. The molecular weight excluding hydrogens is 487 g/mol. The molecule has 2 aliphatic heterocycles. The lowest BCUT2D eigenvalue weighted by atomic mass is 9.72. The van der Waals surface area contributed by atoms with Crippen molar-refractivity contribution in [2.45, 2.75) is 57.3 Å². The molecule has 2 aromatic carbocycles. The summed E-state index contributed by atoms with van der Waals surface area (Å²) >= 11 is 0. The number of carbonyl (C=O) groups is 2. The highest BCUT2D eigenvalue weighted by molar-refractivity contribution is 5.75. The average molecular weight is 527 g/mol. The summed E-state index contributed by atoms with van der Waals surface area (Å²) in [6.45, 7) is 5.06. The molecule has 0 aromatic heterocycles. The molecule has 4 unspecified atom stereocenters. The van der Waals surface area contributed by atoms with Gasteiger partial charge in [-0.2, -0.15) is 0 Å². The Balaban J connectivity index is 1.68. The number of nitrogens with one attached hydrogen (secondary N) is 1. The number of benzene rings is 2. The molecule has 2 aliphatic rings. The van der Waals surface area contributed by atoms with Crippen LogP contribution >= 0.6 is 0 Å². The van der Waals surface area contributed by atoms with Gasteiger partial charge in [-0.1, -0.05) is 42.0 Å². The molecule has 2 fully saturated rings. The van der Waals surface area contributed by atoms with Gasteiger partial charge in [0, 0.05) is 57.2 Å².